The molecule has 1 heterocycles. The zero-order chi connectivity index (χ0) is 19.6. The van der Waals surface area contributed by atoms with Gasteiger partial charge in [-0.05, 0) is 42.4 Å². The van der Waals surface area contributed by atoms with E-state index >= 15 is 0 Å². The standard InChI is InChI=1S/C25H32NOP/c1-25(2,3)23-18-27-24(26-23)21-16-10-11-17-22(21)28(19-12-6-4-7-13-19)20-14-8-5-9-15-20/h4-9,12-15,21-23H,10-11,16-18H2,1-3H3/t21-,22-,23-/m0/s1. The quantitative estimate of drug-likeness (QED) is 0.627. The second-order valence-corrected chi connectivity index (χ2v) is 11.6. The van der Waals surface area contributed by atoms with Crippen LogP contribution in [0.1, 0.15) is 46.5 Å². The third kappa shape index (κ3) is 4.18. The van der Waals surface area contributed by atoms with Gasteiger partial charge in [0.05, 0.1) is 6.04 Å². The lowest BCUT2D eigenvalue weighted by atomic mass is 9.87. The molecule has 1 saturated carbocycles. The summed E-state index contributed by atoms with van der Waals surface area (Å²) in [7, 11) is -0.428. The molecular weight excluding hydrogens is 361 g/mol. The summed E-state index contributed by atoms with van der Waals surface area (Å²) in [5, 5.41) is 2.96. The highest BCUT2D eigenvalue weighted by Crippen LogP contribution is 2.50. The average molecular weight is 394 g/mol. The van der Waals surface area contributed by atoms with E-state index in [-0.39, 0.29) is 11.5 Å². The van der Waals surface area contributed by atoms with Gasteiger partial charge in [0.1, 0.15) is 6.61 Å². The molecule has 0 amide bonds. The van der Waals surface area contributed by atoms with E-state index in [1.807, 2.05) is 0 Å². The first-order chi connectivity index (χ1) is 13.5. The molecule has 148 valence electrons. The topological polar surface area (TPSA) is 21.6 Å². The molecule has 0 spiro atoms. The molecule has 28 heavy (non-hydrogen) atoms. The molecule has 0 bridgehead atoms. The van der Waals surface area contributed by atoms with Crippen LogP contribution in [-0.2, 0) is 4.74 Å². The Bertz CT molecular complexity index is 757. The van der Waals surface area contributed by atoms with Crippen LogP contribution < -0.4 is 10.6 Å². The van der Waals surface area contributed by atoms with Crippen LogP contribution in [0.2, 0.25) is 0 Å². The van der Waals surface area contributed by atoms with Crippen molar-refractivity contribution in [1.29, 1.82) is 0 Å². The molecule has 1 aliphatic heterocycles. The van der Waals surface area contributed by atoms with Gasteiger partial charge < -0.3 is 4.74 Å². The Kier molecular flexibility index (Phi) is 5.88. The molecule has 0 saturated heterocycles. The summed E-state index contributed by atoms with van der Waals surface area (Å²) in [5.74, 6) is 1.50. The number of rotatable bonds is 4. The fourth-order valence-electron chi connectivity index (χ4n) is 4.46. The molecule has 2 aromatic rings. The van der Waals surface area contributed by atoms with Crippen molar-refractivity contribution in [3.63, 3.8) is 0 Å². The van der Waals surface area contributed by atoms with Gasteiger partial charge >= 0.3 is 0 Å². The third-order valence-electron chi connectivity index (χ3n) is 6.12. The summed E-state index contributed by atoms with van der Waals surface area (Å²) in [6, 6.07) is 22.5. The van der Waals surface area contributed by atoms with Gasteiger partial charge in [0.25, 0.3) is 0 Å². The highest BCUT2D eigenvalue weighted by molar-refractivity contribution is 7.73. The van der Waals surface area contributed by atoms with Gasteiger partial charge in [-0.15, -0.1) is 0 Å². The van der Waals surface area contributed by atoms with Crippen LogP contribution >= 0.6 is 7.92 Å². The first kappa shape index (κ1) is 19.6. The molecule has 2 nitrogen and oxygen atoms in total. The van der Waals surface area contributed by atoms with Crippen molar-refractivity contribution in [2.75, 3.05) is 6.61 Å². The van der Waals surface area contributed by atoms with Crippen molar-refractivity contribution in [3.8, 4) is 0 Å². The number of hydrogen-bond donors (Lipinski definition) is 0. The summed E-state index contributed by atoms with van der Waals surface area (Å²) >= 11 is 0. The molecule has 1 fully saturated rings. The highest BCUT2D eigenvalue weighted by Gasteiger charge is 2.40. The number of hydrogen-bond acceptors (Lipinski definition) is 2. The van der Waals surface area contributed by atoms with Crippen LogP contribution in [0, 0.1) is 11.3 Å². The Labute approximate surface area is 171 Å². The summed E-state index contributed by atoms with van der Waals surface area (Å²) in [6.07, 6.45) is 5.08. The SMILES string of the molecule is CC(C)(C)[C@@H]1COC([C@H]2CCCC[C@@H]2P(c2ccccc2)c2ccccc2)=N1. The predicted octanol–water partition coefficient (Wildman–Crippen LogP) is 5.52. The van der Waals surface area contributed by atoms with E-state index in [0.29, 0.717) is 11.6 Å². The van der Waals surface area contributed by atoms with Crippen molar-refractivity contribution in [2.45, 2.75) is 58.2 Å². The fourth-order valence-corrected chi connectivity index (χ4v) is 7.58. The predicted molar refractivity (Wildman–Crippen MR) is 121 cm³/mol. The number of aliphatic imine (C=N–C) groups is 1. The summed E-state index contributed by atoms with van der Waals surface area (Å²) in [6.45, 7) is 7.56. The maximum absolute atomic E-state index is 6.24. The van der Waals surface area contributed by atoms with Crippen LogP contribution in [0.15, 0.2) is 65.7 Å². The molecule has 0 N–H and O–H groups in total. The Morgan fingerprint density at radius 1 is 0.857 bits per heavy atom. The molecule has 2 aliphatic rings. The minimum Gasteiger partial charge on any atom is -0.478 e. The van der Waals surface area contributed by atoms with Crippen molar-refractivity contribution in [2.24, 2.45) is 16.3 Å². The summed E-state index contributed by atoms with van der Waals surface area (Å²) in [4.78, 5) is 5.11. The number of benzene rings is 2. The van der Waals surface area contributed by atoms with Crippen LogP contribution in [0.3, 0.4) is 0 Å². The smallest absolute Gasteiger partial charge is 0.187 e. The normalized spacial score (nSPS) is 25.4. The first-order valence-electron chi connectivity index (χ1n) is 10.6. The van der Waals surface area contributed by atoms with Crippen LogP contribution in [0.4, 0.5) is 0 Å². The number of nitrogens with zero attached hydrogens (tertiary/aromatic N) is 1. The van der Waals surface area contributed by atoms with Crippen LogP contribution in [0.25, 0.3) is 0 Å². The van der Waals surface area contributed by atoms with Crippen molar-refractivity contribution in [1.82, 2.24) is 0 Å². The van der Waals surface area contributed by atoms with E-state index in [4.69, 9.17) is 9.73 Å². The lowest BCUT2D eigenvalue weighted by Gasteiger charge is -2.37. The van der Waals surface area contributed by atoms with E-state index in [1.165, 1.54) is 36.3 Å². The van der Waals surface area contributed by atoms with Crippen molar-refractivity contribution < 1.29 is 4.74 Å². The second kappa shape index (κ2) is 8.37. The van der Waals surface area contributed by atoms with Gasteiger partial charge in [0.15, 0.2) is 5.90 Å². The van der Waals surface area contributed by atoms with Gasteiger partial charge in [-0.1, -0.05) is 94.3 Å². The fraction of sp³-hybridized carbons (Fsp3) is 0.480. The second-order valence-electron chi connectivity index (χ2n) is 9.16. The zero-order valence-electron chi connectivity index (χ0n) is 17.3. The maximum atomic E-state index is 6.24. The lowest BCUT2D eigenvalue weighted by Crippen LogP contribution is -2.35. The van der Waals surface area contributed by atoms with Gasteiger partial charge in [0, 0.05) is 5.92 Å². The molecule has 1 aliphatic carbocycles. The van der Waals surface area contributed by atoms with E-state index in [2.05, 4.69) is 81.4 Å². The van der Waals surface area contributed by atoms with Gasteiger partial charge in [0.2, 0.25) is 0 Å². The Hall–Kier alpha value is -1.66. The summed E-state index contributed by atoms with van der Waals surface area (Å²) in [5.41, 5.74) is 0.765. The van der Waals surface area contributed by atoms with E-state index < -0.39 is 7.92 Å². The van der Waals surface area contributed by atoms with E-state index in [9.17, 15) is 0 Å². The Morgan fingerprint density at radius 2 is 1.43 bits per heavy atom. The summed E-state index contributed by atoms with van der Waals surface area (Å²) < 4.78 is 6.24. The first-order valence-corrected chi connectivity index (χ1v) is 12.0. The molecule has 0 unspecified atom stereocenters. The third-order valence-corrected chi connectivity index (χ3v) is 9.11. The van der Waals surface area contributed by atoms with E-state index in [0.717, 1.165) is 12.5 Å². The van der Waals surface area contributed by atoms with Crippen molar-refractivity contribution in [3.05, 3.63) is 60.7 Å². The average Bonchev–Trinajstić information content (AvgIpc) is 3.21. The van der Waals surface area contributed by atoms with Gasteiger partial charge in [-0.2, -0.15) is 0 Å². The molecule has 0 aromatic heterocycles. The van der Waals surface area contributed by atoms with Gasteiger partial charge in [-0.25, -0.2) is 4.99 Å². The molecular formula is C25H32NOP. The minimum atomic E-state index is -0.428. The lowest BCUT2D eigenvalue weighted by molar-refractivity contribution is 0.225. The van der Waals surface area contributed by atoms with E-state index in [1.54, 1.807) is 0 Å². The molecule has 4 rings (SSSR count). The maximum Gasteiger partial charge on any atom is 0.187 e. The highest BCUT2D eigenvalue weighted by atomic mass is 31.1. The van der Waals surface area contributed by atoms with Gasteiger partial charge in [-0.3, -0.25) is 0 Å². The monoisotopic (exact) mass is 393 g/mol. The minimum absolute atomic E-state index is 0.162. The van der Waals surface area contributed by atoms with Crippen LogP contribution in [0.5, 0.6) is 0 Å². The molecule has 2 aromatic carbocycles. The zero-order valence-corrected chi connectivity index (χ0v) is 18.2. The molecule has 3 atom stereocenters. The molecule has 0 radical (unpaired) electrons. The Morgan fingerprint density at radius 3 is 1.96 bits per heavy atom. The largest absolute Gasteiger partial charge is 0.478 e. The van der Waals surface area contributed by atoms with Crippen LogP contribution in [-0.4, -0.2) is 24.2 Å². The Balaban J connectivity index is 1.70. The molecule has 3 heteroatoms. The van der Waals surface area contributed by atoms with Crippen molar-refractivity contribution >= 4 is 24.4 Å². The number of ether oxygens (including phenoxy) is 1.